The van der Waals surface area contributed by atoms with Crippen LogP contribution in [0.3, 0.4) is 0 Å². The quantitative estimate of drug-likeness (QED) is 0.453. The molecule has 0 atom stereocenters. The Morgan fingerprint density at radius 2 is 2.67 bits per heavy atom. The Kier molecular flexibility index (Phi) is 2.77. The first-order chi connectivity index (χ1) is 4.34. The fourth-order valence-corrected chi connectivity index (χ4v) is 1.75. The zero-order valence-electron chi connectivity index (χ0n) is 4.91. The number of halogens is 1. The Hall–Kier alpha value is 0.220. The van der Waals surface area contributed by atoms with E-state index in [2.05, 4.69) is 32.7 Å². The monoisotopic (exact) mass is 255 g/mol. The van der Waals surface area contributed by atoms with Gasteiger partial charge in [-0.2, -0.15) is 5.10 Å². The van der Waals surface area contributed by atoms with Crippen LogP contribution < -0.4 is 0 Å². The summed E-state index contributed by atoms with van der Waals surface area (Å²) in [7, 11) is 1.89. The highest BCUT2D eigenvalue weighted by molar-refractivity contribution is 14.1. The van der Waals surface area contributed by atoms with E-state index >= 15 is 0 Å². The second-order valence-corrected chi connectivity index (χ2v) is 4.16. The first-order valence-electron chi connectivity index (χ1n) is 2.37. The third-order valence-corrected chi connectivity index (χ3v) is 2.52. The fraction of sp³-hybridized carbons (Fsp3) is 0.500. The van der Waals surface area contributed by atoms with Crippen LogP contribution >= 0.6 is 34.4 Å². The highest BCUT2D eigenvalue weighted by atomic mass is 127. The molecular weight excluding hydrogens is 249 g/mol. The maximum absolute atomic E-state index is 4.02. The SMILES string of the molecule is Cn1ncnc1SCI. The lowest BCUT2D eigenvalue weighted by molar-refractivity contribution is 0.686. The van der Waals surface area contributed by atoms with Crippen LogP contribution in [0.15, 0.2) is 11.5 Å². The van der Waals surface area contributed by atoms with Crippen LogP contribution in [0.5, 0.6) is 0 Å². The second kappa shape index (κ2) is 3.40. The summed E-state index contributed by atoms with van der Waals surface area (Å²) in [6, 6.07) is 0. The number of hydrogen-bond acceptors (Lipinski definition) is 3. The molecule has 0 spiro atoms. The second-order valence-electron chi connectivity index (χ2n) is 1.42. The third kappa shape index (κ3) is 1.82. The van der Waals surface area contributed by atoms with E-state index in [1.807, 2.05) is 7.05 Å². The Balaban J connectivity index is 2.69. The van der Waals surface area contributed by atoms with Gasteiger partial charge in [-0.15, -0.1) is 0 Å². The van der Waals surface area contributed by atoms with Crippen LogP contribution in [0.25, 0.3) is 0 Å². The standard InChI is InChI=1S/C4H6IN3S/c1-8-4(9-2-5)6-3-7-8/h3H,2H2,1H3. The van der Waals surface area contributed by atoms with Gasteiger partial charge in [0.05, 0.1) is 3.76 Å². The Bertz CT molecular complexity index is 188. The molecule has 5 heteroatoms. The van der Waals surface area contributed by atoms with E-state index in [9.17, 15) is 0 Å². The molecule has 1 heterocycles. The molecule has 0 bridgehead atoms. The van der Waals surface area contributed by atoms with Crippen molar-refractivity contribution in [2.75, 3.05) is 3.76 Å². The van der Waals surface area contributed by atoms with Gasteiger partial charge in [-0.3, -0.25) is 0 Å². The minimum absolute atomic E-state index is 0.976. The van der Waals surface area contributed by atoms with Crippen molar-refractivity contribution in [1.29, 1.82) is 0 Å². The molecule has 1 rings (SSSR count). The molecule has 50 valence electrons. The molecule has 0 unspecified atom stereocenters. The van der Waals surface area contributed by atoms with Crippen LogP contribution in [-0.2, 0) is 7.05 Å². The van der Waals surface area contributed by atoms with Gasteiger partial charge in [0.2, 0.25) is 0 Å². The van der Waals surface area contributed by atoms with E-state index in [1.54, 1.807) is 22.8 Å². The first-order valence-corrected chi connectivity index (χ1v) is 4.88. The maximum Gasteiger partial charge on any atom is 0.186 e. The van der Waals surface area contributed by atoms with E-state index in [-0.39, 0.29) is 0 Å². The molecule has 0 aliphatic heterocycles. The molecule has 0 aromatic carbocycles. The minimum Gasteiger partial charge on any atom is -0.244 e. The summed E-state index contributed by atoms with van der Waals surface area (Å²) in [5.41, 5.74) is 0. The summed E-state index contributed by atoms with van der Waals surface area (Å²) < 4.78 is 2.79. The van der Waals surface area contributed by atoms with E-state index in [0.29, 0.717) is 0 Å². The van der Waals surface area contributed by atoms with Crippen molar-refractivity contribution < 1.29 is 0 Å². The highest BCUT2D eigenvalue weighted by Gasteiger charge is 1.96. The predicted octanol–water partition coefficient (Wildman–Crippen LogP) is 1.30. The maximum atomic E-state index is 4.02. The zero-order chi connectivity index (χ0) is 6.69. The van der Waals surface area contributed by atoms with Gasteiger partial charge in [0.15, 0.2) is 5.16 Å². The summed E-state index contributed by atoms with van der Waals surface area (Å²) in [5.74, 6) is 0. The lowest BCUT2D eigenvalue weighted by Gasteiger charge is -1.92. The molecule has 1 aromatic heterocycles. The number of alkyl halides is 1. The molecule has 0 aliphatic carbocycles. The van der Waals surface area contributed by atoms with Crippen LogP contribution in [0.1, 0.15) is 0 Å². The number of rotatable bonds is 2. The summed E-state index contributed by atoms with van der Waals surface area (Å²) in [6.45, 7) is 0. The van der Waals surface area contributed by atoms with Gasteiger partial charge < -0.3 is 0 Å². The predicted molar refractivity (Wildman–Crippen MR) is 45.7 cm³/mol. The van der Waals surface area contributed by atoms with Gasteiger partial charge in [-0.25, -0.2) is 9.67 Å². The number of thioether (sulfide) groups is 1. The molecule has 0 amide bonds. The van der Waals surface area contributed by atoms with Gasteiger partial charge in [0.25, 0.3) is 0 Å². The van der Waals surface area contributed by atoms with Crippen molar-refractivity contribution >= 4 is 34.4 Å². The highest BCUT2D eigenvalue weighted by Crippen LogP contribution is 2.14. The van der Waals surface area contributed by atoms with Gasteiger partial charge in [0.1, 0.15) is 6.33 Å². The molecule has 3 nitrogen and oxygen atoms in total. The van der Waals surface area contributed by atoms with Crippen molar-refractivity contribution in [3.05, 3.63) is 6.33 Å². The van der Waals surface area contributed by atoms with E-state index in [0.717, 1.165) is 8.92 Å². The van der Waals surface area contributed by atoms with Gasteiger partial charge in [-0.05, 0) is 0 Å². The Morgan fingerprint density at radius 1 is 1.89 bits per heavy atom. The number of aromatic nitrogens is 3. The number of hydrogen-bond donors (Lipinski definition) is 0. The van der Waals surface area contributed by atoms with Gasteiger partial charge in [0, 0.05) is 7.05 Å². The van der Waals surface area contributed by atoms with E-state index in [1.165, 1.54) is 0 Å². The van der Waals surface area contributed by atoms with Crippen LogP contribution in [0, 0.1) is 0 Å². The topological polar surface area (TPSA) is 30.7 Å². The van der Waals surface area contributed by atoms with Crippen molar-refractivity contribution in [1.82, 2.24) is 14.8 Å². The van der Waals surface area contributed by atoms with Gasteiger partial charge in [-0.1, -0.05) is 34.4 Å². The molecule has 0 fully saturated rings. The zero-order valence-corrected chi connectivity index (χ0v) is 7.89. The molecular formula is C4H6IN3S. The van der Waals surface area contributed by atoms with Crippen molar-refractivity contribution in [3.8, 4) is 0 Å². The molecule has 0 N–H and O–H groups in total. The van der Waals surface area contributed by atoms with Crippen molar-refractivity contribution in [2.45, 2.75) is 5.16 Å². The van der Waals surface area contributed by atoms with Gasteiger partial charge >= 0.3 is 0 Å². The summed E-state index contributed by atoms with van der Waals surface area (Å²) in [5, 5.41) is 4.89. The van der Waals surface area contributed by atoms with Crippen LogP contribution in [0.4, 0.5) is 0 Å². The Morgan fingerprint density at radius 3 is 3.11 bits per heavy atom. The Labute approximate surface area is 71.4 Å². The fourth-order valence-electron chi connectivity index (χ4n) is 0.465. The summed E-state index contributed by atoms with van der Waals surface area (Å²) >= 11 is 3.97. The van der Waals surface area contributed by atoms with E-state index in [4.69, 9.17) is 0 Å². The number of nitrogens with zero attached hydrogens (tertiary/aromatic N) is 3. The molecule has 1 aromatic rings. The third-order valence-electron chi connectivity index (χ3n) is 0.854. The largest absolute Gasteiger partial charge is 0.244 e. The lowest BCUT2D eigenvalue weighted by atomic mass is 11.2. The van der Waals surface area contributed by atoms with E-state index < -0.39 is 0 Å². The summed E-state index contributed by atoms with van der Waals surface area (Å²) in [4.78, 5) is 4.02. The van der Waals surface area contributed by atoms with Crippen LogP contribution in [0.2, 0.25) is 0 Å². The van der Waals surface area contributed by atoms with Crippen LogP contribution in [-0.4, -0.2) is 18.5 Å². The molecule has 0 aliphatic rings. The molecule has 0 saturated carbocycles. The molecule has 0 saturated heterocycles. The number of aryl methyl sites for hydroxylation is 1. The van der Waals surface area contributed by atoms with Crippen molar-refractivity contribution in [2.24, 2.45) is 7.05 Å². The molecule has 9 heavy (non-hydrogen) atoms. The summed E-state index contributed by atoms with van der Waals surface area (Å²) in [6.07, 6.45) is 1.56. The average Bonchev–Trinajstić information content (AvgIpc) is 2.18. The van der Waals surface area contributed by atoms with Crippen molar-refractivity contribution in [3.63, 3.8) is 0 Å². The normalized spacial score (nSPS) is 10.0. The minimum atomic E-state index is 0.976. The first kappa shape index (κ1) is 7.33. The molecule has 0 radical (unpaired) electrons. The smallest absolute Gasteiger partial charge is 0.186 e. The lowest BCUT2D eigenvalue weighted by Crippen LogP contribution is -1.91. The average molecular weight is 255 g/mol.